The molecule has 1 saturated heterocycles. The molecule has 2 amide bonds. The van der Waals surface area contributed by atoms with Crippen LogP contribution in [0.25, 0.3) is 10.8 Å². The number of benzene rings is 2. The molecule has 0 saturated carbocycles. The Morgan fingerprint density at radius 3 is 2.48 bits per heavy atom. The smallest absolute Gasteiger partial charge is 0.326 e. The largest absolute Gasteiger partial charge is 0.480 e. The lowest BCUT2D eigenvalue weighted by Gasteiger charge is -2.33. The van der Waals surface area contributed by atoms with Crippen molar-refractivity contribution < 1.29 is 27.9 Å². The number of hydrogen-bond donors (Lipinski definition) is 6. The summed E-state index contributed by atoms with van der Waals surface area (Å²) >= 11 is 0. The maximum absolute atomic E-state index is 13.3. The summed E-state index contributed by atoms with van der Waals surface area (Å²) in [6.45, 7) is 5.03. The van der Waals surface area contributed by atoms with Crippen molar-refractivity contribution in [2.24, 2.45) is 17.6 Å². The first-order valence-corrected chi connectivity index (χ1v) is 14.7. The molecule has 0 radical (unpaired) electrons. The van der Waals surface area contributed by atoms with E-state index in [4.69, 9.17) is 11.1 Å². The van der Waals surface area contributed by atoms with E-state index < -0.39 is 46.3 Å². The van der Waals surface area contributed by atoms with E-state index >= 15 is 0 Å². The number of likely N-dealkylation sites (tertiary alicyclic amines) is 1. The van der Waals surface area contributed by atoms with E-state index in [9.17, 15) is 27.9 Å². The molecule has 40 heavy (non-hydrogen) atoms. The van der Waals surface area contributed by atoms with Crippen molar-refractivity contribution in [2.75, 3.05) is 19.6 Å². The van der Waals surface area contributed by atoms with Crippen molar-refractivity contribution in [2.45, 2.75) is 56.5 Å². The number of carboxylic acids is 1. The fraction of sp³-hybridized carbons (Fsp3) is 0.481. The number of rotatable bonds is 12. The Balaban J connectivity index is 1.77. The van der Waals surface area contributed by atoms with Crippen LogP contribution in [0.2, 0.25) is 0 Å². The third-order valence-corrected chi connectivity index (χ3v) is 8.27. The Hall–Kier alpha value is -3.71. The van der Waals surface area contributed by atoms with Crippen LogP contribution in [-0.2, 0) is 24.4 Å². The number of fused-ring (bicyclic) bond motifs is 1. The van der Waals surface area contributed by atoms with E-state index in [1.165, 1.54) is 12.1 Å². The molecule has 12 nitrogen and oxygen atoms in total. The van der Waals surface area contributed by atoms with E-state index in [-0.39, 0.29) is 35.7 Å². The average molecular weight is 575 g/mol. The van der Waals surface area contributed by atoms with Gasteiger partial charge >= 0.3 is 5.97 Å². The maximum atomic E-state index is 13.3. The van der Waals surface area contributed by atoms with E-state index in [2.05, 4.69) is 15.4 Å². The van der Waals surface area contributed by atoms with Crippen LogP contribution in [0.15, 0.2) is 47.4 Å². The lowest BCUT2D eigenvalue weighted by molar-refractivity contribution is -0.142. The number of sulfonamides is 1. The summed E-state index contributed by atoms with van der Waals surface area (Å²) in [6.07, 6.45) is 1.22. The average Bonchev–Trinajstić information content (AvgIpc) is 2.90. The summed E-state index contributed by atoms with van der Waals surface area (Å²) in [7, 11) is -4.26. The summed E-state index contributed by atoms with van der Waals surface area (Å²) in [5.74, 6) is -2.79. The van der Waals surface area contributed by atoms with Gasteiger partial charge in [-0.1, -0.05) is 44.2 Å². The highest BCUT2D eigenvalue weighted by atomic mass is 32.2. The number of nitrogens with one attached hydrogen (secondary N) is 4. The van der Waals surface area contributed by atoms with E-state index in [1.807, 2.05) is 12.1 Å². The van der Waals surface area contributed by atoms with Crippen LogP contribution in [0.3, 0.4) is 0 Å². The van der Waals surface area contributed by atoms with Gasteiger partial charge in [0.05, 0.1) is 11.3 Å². The molecule has 1 heterocycles. The zero-order valence-corrected chi connectivity index (χ0v) is 23.5. The Morgan fingerprint density at radius 1 is 1.12 bits per heavy atom. The fourth-order valence-electron chi connectivity index (χ4n) is 4.71. The Morgan fingerprint density at radius 2 is 1.82 bits per heavy atom. The topological polar surface area (TPSA) is 195 Å². The Kier molecular flexibility index (Phi) is 10.5. The van der Waals surface area contributed by atoms with Crippen LogP contribution in [0, 0.1) is 17.2 Å². The van der Waals surface area contributed by atoms with Crippen molar-refractivity contribution in [3.8, 4) is 0 Å². The fourth-order valence-corrected chi connectivity index (χ4v) is 5.94. The molecule has 0 aromatic heterocycles. The van der Waals surface area contributed by atoms with Gasteiger partial charge in [0, 0.05) is 19.6 Å². The van der Waals surface area contributed by atoms with Crippen LogP contribution in [0.4, 0.5) is 0 Å². The van der Waals surface area contributed by atoms with Crippen LogP contribution >= 0.6 is 0 Å². The summed E-state index contributed by atoms with van der Waals surface area (Å²) in [5.41, 5.74) is 5.58. The van der Waals surface area contributed by atoms with Gasteiger partial charge in [-0.2, -0.15) is 4.72 Å². The summed E-state index contributed by atoms with van der Waals surface area (Å²) in [4.78, 5) is 39.4. The van der Waals surface area contributed by atoms with E-state index in [1.54, 1.807) is 36.9 Å². The Bertz CT molecular complexity index is 1350. The molecular formula is C27H38N6O6S. The highest BCUT2D eigenvalue weighted by Crippen LogP contribution is 2.20. The molecule has 7 N–H and O–H groups in total. The highest BCUT2D eigenvalue weighted by molar-refractivity contribution is 7.89. The second kappa shape index (κ2) is 13.6. The third kappa shape index (κ3) is 8.65. The molecule has 218 valence electrons. The number of piperidine rings is 1. The minimum atomic E-state index is -4.26. The number of aliphatic carboxylic acids is 1. The molecule has 0 bridgehead atoms. The van der Waals surface area contributed by atoms with Gasteiger partial charge in [0.25, 0.3) is 0 Å². The molecule has 2 aromatic carbocycles. The van der Waals surface area contributed by atoms with Gasteiger partial charge in [-0.05, 0) is 54.0 Å². The zero-order chi connectivity index (χ0) is 29.4. The molecule has 2 aromatic rings. The van der Waals surface area contributed by atoms with E-state index in [0.29, 0.717) is 18.5 Å². The molecular weight excluding hydrogens is 536 g/mol. The number of carbonyl (C=O) groups is 3. The van der Waals surface area contributed by atoms with Crippen LogP contribution in [0.1, 0.15) is 39.5 Å². The summed E-state index contributed by atoms with van der Waals surface area (Å²) < 4.78 is 28.9. The lowest BCUT2D eigenvalue weighted by Crippen LogP contribution is -2.53. The van der Waals surface area contributed by atoms with Crippen LogP contribution in [0.5, 0.6) is 0 Å². The first kappa shape index (κ1) is 30.8. The molecule has 3 atom stereocenters. The first-order chi connectivity index (χ1) is 18.9. The number of nitrogens with two attached hydrogens (primary N) is 1. The second-order valence-electron chi connectivity index (χ2n) is 10.6. The molecule has 1 aliphatic heterocycles. The highest BCUT2D eigenvalue weighted by Gasteiger charge is 2.32. The third-order valence-electron chi connectivity index (χ3n) is 6.80. The molecule has 13 heteroatoms. The SMILES string of the molecule is CC(C)C[C@H](NC(=O)[C@H](CC(=O)NC[C@@H]1CCCN(C(=N)N)C1)NS(=O)(=O)c1ccc2ccccc2c1)C(=O)O. The van der Waals surface area contributed by atoms with Gasteiger partial charge < -0.3 is 26.4 Å². The van der Waals surface area contributed by atoms with E-state index in [0.717, 1.165) is 18.2 Å². The second-order valence-corrected chi connectivity index (χ2v) is 12.3. The molecule has 0 unspecified atom stereocenters. The van der Waals surface area contributed by atoms with Crippen molar-refractivity contribution in [3.63, 3.8) is 0 Å². The lowest BCUT2D eigenvalue weighted by atomic mass is 9.98. The van der Waals surface area contributed by atoms with Crippen molar-refractivity contribution in [1.29, 1.82) is 5.41 Å². The van der Waals surface area contributed by atoms with Crippen molar-refractivity contribution >= 4 is 44.5 Å². The molecule has 3 rings (SSSR count). The Labute approximate surface area is 234 Å². The zero-order valence-electron chi connectivity index (χ0n) is 22.7. The molecule has 1 fully saturated rings. The van der Waals surface area contributed by atoms with Crippen LogP contribution < -0.4 is 21.1 Å². The van der Waals surface area contributed by atoms with Gasteiger partial charge in [-0.25, -0.2) is 13.2 Å². The standard InChI is InChI=1S/C27H38N6O6S/c1-17(2)12-23(26(36)37)31-25(35)22(14-24(34)30-15-18-6-5-11-33(16-18)27(28)29)32-40(38,39)21-10-9-19-7-3-4-8-20(19)13-21/h3-4,7-10,13,17-18,22-23,32H,5-6,11-12,14-16H2,1-2H3,(H3,28,29)(H,30,34)(H,31,35)(H,36,37)/t18-,22-,23-/m0/s1. The normalized spacial score (nSPS) is 17.3. The summed E-state index contributed by atoms with van der Waals surface area (Å²) in [6, 6.07) is 8.91. The molecule has 0 spiro atoms. The minimum Gasteiger partial charge on any atom is -0.480 e. The predicted octanol–water partition coefficient (Wildman–Crippen LogP) is 1.21. The van der Waals surface area contributed by atoms with Gasteiger partial charge in [-0.3, -0.25) is 15.0 Å². The quantitative estimate of drug-likeness (QED) is 0.161. The van der Waals surface area contributed by atoms with Crippen molar-refractivity contribution in [3.05, 3.63) is 42.5 Å². The van der Waals surface area contributed by atoms with Gasteiger partial charge in [0.2, 0.25) is 21.8 Å². The predicted molar refractivity (Wildman–Crippen MR) is 151 cm³/mol. The minimum absolute atomic E-state index is 0.0330. The number of guanidine groups is 1. The van der Waals surface area contributed by atoms with Crippen LogP contribution in [-0.4, -0.2) is 73.9 Å². The monoisotopic (exact) mass is 574 g/mol. The first-order valence-electron chi connectivity index (χ1n) is 13.3. The number of hydrogen-bond acceptors (Lipinski definition) is 6. The number of carboxylic acid groups (broad SMARTS) is 1. The van der Waals surface area contributed by atoms with Gasteiger partial charge in [0.15, 0.2) is 5.96 Å². The van der Waals surface area contributed by atoms with Crippen molar-refractivity contribution in [1.82, 2.24) is 20.3 Å². The summed E-state index contributed by atoms with van der Waals surface area (Å²) in [5, 5.41) is 23.9. The van der Waals surface area contributed by atoms with Gasteiger partial charge in [-0.15, -0.1) is 0 Å². The molecule has 1 aliphatic rings. The maximum Gasteiger partial charge on any atom is 0.326 e. The number of carbonyl (C=O) groups excluding carboxylic acids is 2. The van der Waals surface area contributed by atoms with Gasteiger partial charge in [0.1, 0.15) is 12.1 Å². The molecule has 0 aliphatic carbocycles. The number of nitrogens with zero attached hydrogens (tertiary/aromatic N) is 1. The number of amides is 2.